The standard InChI is InChI=1S/C14H24N2O8S/c1-5-23-10(17)8-25(21,22)16-7-6-14(9-16,11(18)19)15-12(20)24-13(2,3)4/h5-9H2,1-4H3,(H,15,20)(H,18,19). The number of rotatable bonds is 6. The lowest BCUT2D eigenvalue weighted by molar-refractivity contribution is -0.144. The molecule has 10 nitrogen and oxygen atoms in total. The molecule has 1 amide bonds. The van der Waals surface area contributed by atoms with Gasteiger partial charge in [0, 0.05) is 13.1 Å². The van der Waals surface area contributed by atoms with Gasteiger partial charge in [-0.2, -0.15) is 4.31 Å². The van der Waals surface area contributed by atoms with Crippen molar-refractivity contribution >= 4 is 28.1 Å². The predicted octanol–water partition coefficient (Wildman–Crippen LogP) is -0.0669. The molecule has 0 aromatic carbocycles. The molecule has 1 heterocycles. The zero-order valence-electron chi connectivity index (χ0n) is 14.7. The summed E-state index contributed by atoms with van der Waals surface area (Å²) in [5.41, 5.74) is -2.65. The van der Waals surface area contributed by atoms with Crippen molar-refractivity contribution in [2.45, 2.75) is 45.3 Å². The normalized spacial score (nSPS) is 21.6. The van der Waals surface area contributed by atoms with Gasteiger partial charge in [0.05, 0.1) is 6.61 Å². The topological polar surface area (TPSA) is 139 Å². The third-order valence-electron chi connectivity index (χ3n) is 3.38. The molecule has 1 atom stereocenters. The Balaban J connectivity index is 2.88. The zero-order valence-corrected chi connectivity index (χ0v) is 15.5. The molecule has 0 aliphatic carbocycles. The number of esters is 1. The summed E-state index contributed by atoms with van der Waals surface area (Å²) >= 11 is 0. The Bertz CT molecular complexity index is 640. The number of alkyl carbamates (subject to hydrolysis) is 1. The Morgan fingerprint density at radius 3 is 2.36 bits per heavy atom. The van der Waals surface area contributed by atoms with E-state index in [1.807, 2.05) is 0 Å². The first-order valence-electron chi connectivity index (χ1n) is 7.69. The summed E-state index contributed by atoms with van der Waals surface area (Å²) in [6.07, 6.45) is -1.11. The van der Waals surface area contributed by atoms with Crippen molar-refractivity contribution in [2.24, 2.45) is 0 Å². The second-order valence-electron chi connectivity index (χ2n) is 6.66. The molecule has 0 bridgehead atoms. The summed E-state index contributed by atoms with van der Waals surface area (Å²) in [5.74, 6) is -3.19. The number of hydrogen-bond acceptors (Lipinski definition) is 7. The summed E-state index contributed by atoms with van der Waals surface area (Å²) in [4.78, 5) is 35.0. The number of amides is 1. The fourth-order valence-corrected chi connectivity index (χ4v) is 3.63. The minimum Gasteiger partial charge on any atom is -0.479 e. The van der Waals surface area contributed by atoms with Gasteiger partial charge in [0.1, 0.15) is 5.60 Å². The van der Waals surface area contributed by atoms with Gasteiger partial charge in [0.15, 0.2) is 11.3 Å². The molecule has 0 radical (unpaired) electrons. The Labute approximate surface area is 146 Å². The second-order valence-corrected chi connectivity index (χ2v) is 8.63. The molecule has 1 fully saturated rings. The molecule has 1 saturated heterocycles. The summed E-state index contributed by atoms with van der Waals surface area (Å²) in [6.45, 7) is 5.78. The SMILES string of the molecule is CCOC(=O)CS(=O)(=O)N1CCC(NC(=O)OC(C)(C)C)(C(=O)O)C1. The minimum atomic E-state index is -4.05. The summed E-state index contributed by atoms with van der Waals surface area (Å²) < 4.78 is 35.0. The van der Waals surface area contributed by atoms with Crippen LogP contribution in [0.15, 0.2) is 0 Å². The van der Waals surface area contributed by atoms with Gasteiger partial charge in [0.25, 0.3) is 0 Å². The molecule has 144 valence electrons. The van der Waals surface area contributed by atoms with Gasteiger partial charge in [-0.25, -0.2) is 18.0 Å². The number of nitrogens with one attached hydrogen (secondary N) is 1. The van der Waals surface area contributed by atoms with Crippen molar-refractivity contribution < 1.29 is 37.4 Å². The Morgan fingerprint density at radius 1 is 1.28 bits per heavy atom. The lowest BCUT2D eigenvalue weighted by atomic mass is 9.99. The molecule has 1 aliphatic heterocycles. The van der Waals surface area contributed by atoms with E-state index in [9.17, 15) is 27.9 Å². The number of carbonyl (C=O) groups excluding carboxylic acids is 2. The van der Waals surface area contributed by atoms with Crippen molar-refractivity contribution in [1.29, 1.82) is 0 Å². The van der Waals surface area contributed by atoms with Gasteiger partial charge in [-0.05, 0) is 34.1 Å². The van der Waals surface area contributed by atoms with Gasteiger partial charge in [-0.3, -0.25) is 4.79 Å². The van der Waals surface area contributed by atoms with Crippen LogP contribution in [0, 0.1) is 0 Å². The largest absolute Gasteiger partial charge is 0.479 e. The average molecular weight is 380 g/mol. The zero-order chi connectivity index (χ0) is 19.5. The van der Waals surface area contributed by atoms with Gasteiger partial charge < -0.3 is 19.9 Å². The highest BCUT2D eigenvalue weighted by Crippen LogP contribution is 2.25. The minimum absolute atomic E-state index is 0.0353. The van der Waals surface area contributed by atoms with Crippen LogP contribution in [0.1, 0.15) is 34.1 Å². The number of sulfonamides is 1. The van der Waals surface area contributed by atoms with Gasteiger partial charge in [-0.1, -0.05) is 0 Å². The average Bonchev–Trinajstić information content (AvgIpc) is 2.82. The smallest absolute Gasteiger partial charge is 0.408 e. The van der Waals surface area contributed by atoms with Crippen LogP contribution < -0.4 is 5.32 Å². The van der Waals surface area contributed by atoms with Crippen LogP contribution in [0.3, 0.4) is 0 Å². The van der Waals surface area contributed by atoms with Crippen LogP contribution in [0.2, 0.25) is 0 Å². The van der Waals surface area contributed by atoms with Crippen LogP contribution in [-0.2, 0) is 29.1 Å². The van der Waals surface area contributed by atoms with E-state index in [2.05, 4.69) is 10.1 Å². The summed E-state index contributed by atoms with van der Waals surface area (Å²) in [5, 5.41) is 11.7. The van der Waals surface area contributed by atoms with Crippen LogP contribution >= 0.6 is 0 Å². The number of hydrogen-bond donors (Lipinski definition) is 2. The maximum Gasteiger partial charge on any atom is 0.408 e. The Kier molecular flexibility index (Phi) is 6.40. The first-order chi connectivity index (χ1) is 11.3. The van der Waals surface area contributed by atoms with E-state index in [0.717, 1.165) is 4.31 Å². The van der Waals surface area contributed by atoms with Crippen LogP contribution in [0.5, 0.6) is 0 Å². The molecule has 0 aromatic rings. The molecule has 0 spiro atoms. The quantitative estimate of drug-likeness (QED) is 0.611. The first kappa shape index (κ1) is 21.2. The number of carboxylic acids is 1. The molecular formula is C14H24N2O8S. The molecule has 1 rings (SSSR count). The van der Waals surface area contributed by atoms with E-state index >= 15 is 0 Å². The van der Waals surface area contributed by atoms with Crippen molar-refractivity contribution in [3.8, 4) is 0 Å². The Morgan fingerprint density at radius 2 is 1.88 bits per heavy atom. The number of carbonyl (C=O) groups is 3. The first-order valence-corrected chi connectivity index (χ1v) is 9.30. The van der Waals surface area contributed by atoms with E-state index in [-0.39, 0.29) is 19.6 Å². The van der Waals surface area contributed by atoms with Crippen LogP contribution in [0.25, 0.3) is 0 Å². The number of carboxylic acid groups (broad SMARTS) is 1. The van der Waals surface area contributed by atoms with Gasteiger partial charge in [-0.15, -0.1) is 0 Å². The third kappa shape index (κ3) is 5.85. The Hall–Kier alpha value is -1.88. The highest BCUT2D eigenvalue weighted by molar-refractivity contribution is 7.89. The molecule has 0 saturated carbocycles. The van der Waals surface area contributed by atoms with Crippen molar-refractivity contribution in [1.82, 2.24) is 9.62 Å². The van der Waals surface area contributed by atoms with Gasteiger partial charge in [0.2, 0.25) is 10.0 Å². The summed E-state index contributed by atoms with van der Waals surface area (Å²) in [6, 6.07) is 0. The number of ether oxygens (including phenoxy) is 2. The predicted molar refractivity (Wildman–Crippen MR) is 86.3 cm³/mol. The number of nitrogens with zero attached hydrogens (tertiary/aromatic N) is 1. The molecule has 1 aliphatic rings. The second kappa shape index (κ2) is 7.56. The third-order valence-corrected chi connectivity index (χ3v) is 5.08. The maximum atomic E-state index is 12.2. The van der Waals surface area contributed by atoms with E-state index in [4.69, 9.17) is 4.74 Å². The molecule has 1 unspecified atom stereocenters. The lowest BCUT2D eigenvalue weighted by Gasteiger charge is -2.28. The maximum absolute atomic E-state index is 12.2. The fraction of sp³-hybridized carbons (Fsp3) is 0.786. The van der Waals surface area contributed by atoms with Crippen molar-refractivity contribution in [3.05, 3.63) is 0 Å². The van der Waals surface area contributed by atoms with E-state index in [1.54, 1.807) is 27.7 Å². The van der Waals surface area contributed by atoms with E-state index in [0.29, 0.717) is 0 Å². The van der Waals surface area contributed by atoms with Crippen molar-refractivity contribution in [2.75, 3.05) is 25.4 Å². The fourth-order valence-electron chi connectivity index (χ4n) is 2.28. The molecular weight excluding hydrogens is 356 g/mol. The molecule has 11 heteroatoms. The van der Waals surface area contributed by atoms with Crippen molar-refractivity contribution in [3.63, 3.8) is 0 Å². The monoisotopic (exact) mass is 380 g/mol. The molecule has 0 aromatic heterocycles. The highest BCUT2D eigenvalue weighted by atomic mass is 32.2. The van der Waals surface area contributed by atoms with Crippen LogP contribution in [0.4, 0.5) is 4.79 Å². The number of aliphatic carboxylic acids is 1. The molecule has 2 N–H and O–H groups in total. The van der Waals surface area contributed by atoms with Crippen LogP contribution in [-0.4, -0.2) is 72.5 Å². The lowest BCUT2D eigenvalue weighted by Crippen LogP contribution is -2.57. The summed E-state index contributed by atoms with van der Waals surface area (Å²) in [7, 11) is -4.05. The molecule has 25 heavy (non-hydrogen) atoms. The van der Waals surface area contributed by atoms with E-state index in [1.165, 1.54) is 0 Å². The highest BCUT2D eigenvalue weighted by Gasteiger charge is 2.50. The van der Waals surface area contributed by atoms with Gasteiger partial charge >= 0.3 is 18.0 Å². The van der Waals surface area contributed by atoms with E-state index < -0.39 is 51.5 Å².